The monoisotopic (exact) mass is 356 g/mol. The second kappa shape index (κ2) is 6.71. The number of anilines is 1. The number of alkyl halides is 2. The maximum absolute atomic E-state index is 14.6. The number of para-hydroxylation sites is 1. The standard InChI is InChI=1S/C20H18F2N2O2/c1-13-6-8-14(9-7-13)19(26)24-11-10-20(21,22)16(12-18(23)25)15-4-2-3-5-17(15)24/h2-9,12H,10-11H2,1H3,(H2,23,25)/b16-12-. The highest BCUT2D eigenvalue weighted by atomic mass is 19.3. The predicted molar refractivity (Wildman–Crippen MR) is 96.0 cm³/mol. The molecule has 0 saturated heterocycles. The molecule has 2 amide bonds. The number of hydrogen-bond donors (Lipinski definition) is 1. The number of aryl methyl sites for hydroxylation is 1. The summed E-state index contributed by atoms with van der Waals surface area (Å²) in [6, 6.07) is 13.3. The Balaban J connectivity index is 2.12. The van der Waals surface area contributed by atoms with Crippen molar-refractivity contribution < 1.29 is 18.4 Å². The topological polar surface area (TPSA) is 63.4 Å². The van der Waals surface area contributed by atoms with E-state index in [0.717, 1.165) is 11.6 Å². The summed E-state index contributed by atoms with van der Waals surface area (Å²) in [7, 11) is 0. The third-order valence-electron chi connectivity index (χ3n) is 4.36. The summed E-state index contributed by atoms with van der Waals surface area (Å²) in [5, 5.41) is 0. The van der Waals surface area contributed by atoms with Crippen molar-refractivity contribution >= 4 is 23.1 Å². The molecule has 1 aliphatic heterocycles. The van der Waals surface area contributed by atoms with Gasteiger partial charge in [-0.15, -0.1) is 0 Å². The maximum atomic E-state index is 14.6. The van der Waals surface area contributed by atoms with Crippen molar-refractivity contribution in [3.8, 4) is 0 Å². The first kappa shape index (κ1) is 17.8. The van der Waals surface area contributed by atoms with Crippen molar-refractivity contribution in [2.24, 2.45) is 5.73 Å². The van der Waals surface area contributed by atoms with E-state index in [1.54, 1.807) is 42.5 Å². The van der Waals surface area contributed by atoms with Gasteiger partial charge in [-0.1, -0.05) is 35.9 Å². The quantitative estimate of drug-likeness (QED) is 0.837. The van der Waals surface area contributed by atoms with Crippen LogP contribution in [0, 0.1) is 6.92 Å². The van der Waals surface area contributed by atoms with Gasteiger partial charge in [-0.25, -0.2) is 8.78 Å². The summed E-state index contributed by atoms with van der Waals surface area (Å²) in [5.41, 5.74) is 6.54. The molecule has 26 heavy (non-hydrogen) atoms. The summed E-state index contributed by atoms with van der Waals surface area (Å²) in [4.78, 5) is 25.5. The highest BCUT2D eigenvalue weighted by molar-refractivity contribution is 6.09. The van der Waals surface area contributed by atoms with Gasteiger partial charge in [0, 0.05) is 35.7 Å². The molecule has 6 heteroatoms. The van der Waals surface area contributed by atoms with E-state index in [-0.39, 0.29) is 18.0 Å². The van der Waals surface area contributed by atoms with Gasteiger partial charge >= 0.3 is 0 Å². The minimum atomic E-state index is -3.27. The maximum Gasteiger partial charge on any atom is 0.275 e. The normalized spacial score (nSPS) is 17.5. The Morgan fingerprint density at radius 3 is 2.42 bits per heavy atom. The van der Waals surface area contributed by atoms with Gasteiger partial charge in [0.15, 0.2) is 0 Å². The number of amides is 2. The molecular formula is C20H18F2N2O2. The van der Waals surface area contributed by atoms with E-state index in [9.17, 15) is 18.4 Å². The summed E-state index contributed by atoms with van der Waals surface area (Å²) in [6.07, 6.45) is 0.150. The van der Waals surface area contributed by atoms with Crippen molar-refractivity contribution in [3.63, 3.8) is 0 Å². The number of benzene rings is 2. The first-order valence-corrected chi connectivity index (χ1v) is 8.17. The third-order valence-corrected chi connectivity index (χ3v) is 4.36. The van der Waals surface area contributed by atoms with Gasteiger partial charge in [-0.3, -0.25) is 9.59 Å². The Bertz CT molecular complexity index is 889. The lowest BCUT2D eigenvalue weighted by atomic mass is 9.97. The van der Waals surface area contributed by atoms with Crippen LogP contribution in [-0.2, 0) is 4.79 Å². The van der Waals surface area contributed by atoms with E-state index >= 15 is 0 Å². The van der Waals surface area contributed by atoms with Gasteiger partial charge in [0.2, 0.25) is 5.91 Å². The van der Waals surface area contributed by atoms with E-state index in [1.165, 1.54) is 11.0 Å². The zero-order chi connectivity index (χ0) is 18.9. The van der Waals surface area contributed by atoms with Gasteiger partial charge in [0.25, 0.3) is 11.8 Å². The first-order chi connectivity index (χ1) is 12.3. The average Bonchev–Trinajstić information content (AvgIpc) is 2.70. The van der Waals surface area contributed by atoms with Crippen molar-refractivity contribution in [2.45, 2.75) is 19.3 Å². The Hall–Kier alpha value is -3.02. The number of fused-ring (bicyclic) bond motifs is 1. The lowest BCUT2D eigenvalue weighted by Gasteiger charge is -2.22. The number of carbonyl (C=O) groups excluding carboxylic acids is 2. The lowest BCUT2D eigenvalue weighted by Crippen LogP contribution is -2.33. The Kier molecular flexibility index (Phi) is 4.59. The molecule has 0 atom stereocenters. The van der Waals surface area contributed by atoms with Gasteiger partial charge in [0.1, 0.15) is 0 Å². The molecule has 134 valence electrons. The van der Waals surface area contributed by atoms with E-state index in [4.69, 9.17) is 5.73 Å². The second-order valence-corrected chi connectivity index (χ2v) is 6.25. The Morgan fingerprint density at radius 2 is 1.77 bits per heavy atom. The molecule has 1 aliphatic rings. The van der Waals surface area contributed by atoms with E-state index in [0.29, 0.717) is 11.3 Å². The molecule has 2 N–H and O–H groups in total. The van der Waals surface area contributed by atoms with Crippen LogP contribution in [0.3, 0.4) is 0 Å². The highest BCUT2D eigenvalue weighted by Crippen LogP contribution is 2.43. The number of halogens is 2. The summed E-state index contributed by atoms with van der Waals surface area (Å²) >= 11 is 0. The van der Waals surface area contributed by atoms with Crippen LogP contribution in [0.1, 0.15) is 27.9 Å². The van der Waals surface area contributed by atoms with E-state index < -0.39 is 23.8 Å². The van der Waals surface area contributed by atoms with Gasteiger partial charge in [0.05, 0.1) is 5.69 Å². The molecule has 0 saturated carbocycles. The molecule has 0 spiro atoms. The fraction of sp³-hybridized carbons (Fsp3) is 0.200. The van der Waals surface area contributed by atoms with Crippen molar-refractivity contribution in [3.05, 3.63) is 71.3 Å². The largest absolute Gasteiger partial charge is 0.366 e. The number of allylic oxidation sites excluding steroid dienone is 1. The highest BCUT2D eigenvalue weighted by Gasteiger charge is 2.41. The van der Waals surface area contributed by atoms with Crippen LogP contribution in [-0.4, -0.2) is 24.3 Å². The molecule has 4 nitrogen and oxygen atoms in total. The van der Waals surface area contributed by atoms with Crippen molar-refractivity contribution in [1.29, 1.82) is 0 Å². The Morgan fingerprint density at radius 1 is 1.12 bits per heavy atom. The molecule has 0 aromatic heterocycles. The predicted octanol–water partition coefficient (Wildman–Crippen LogP) is 3.55. The summed E-state index contributed by atoms with van der Waals surface area (Å²) < 4.78 is 29.3. The van der Waals surface area contributed by atoms with Crippen LogP contribution < -0.4 is 10.6 Å². The van der Waals surface area contributed by atoms with Crippen LogP contribution in [0.2, 0.25) is 0 Å². The number of nitrogens with zero attached hydrogens (tertiary/aromatic N) is 1. The number of carbonyl (C=O) groups is 2. The van der Waals surface area contributed by atoms with Crippen LogP contribution >= 0.6 is 0 Å². The average molecular weight is 356 g/mol. The van der Waals surface area contributed by atoms with Crippen molar-refractivity contribution in [1.82, 2.24) is 0 Å². The fourth-order valence-corrected chi connectivity index (χ4v) is 3.03. The molecule has 0 bridgehead atoms. The molecule has 2 aromatic carbocycles. The minimum Gasteiger partial charge on any atom is -0.366 e. The van der Waals surface area contributed by atoms with Gasteiger partial charge in [-0.2, -0.15) is 0 Å². The molecule has 0 unspecified atom stereocenters. The minimum absolute atomic E-state index is 0.134. The van der Waals surface area contributed by atoms with E-state index in [2.05, 4.69) is 0 Å². The molecule has 0 radical (unpaired) electrons. The SMILES string of the molecule is Cc1ccc(C(=O)N2CCC(F)(F)/C(=C\C(N)=O)c3ccccc32)cc1. The lowest BCUT2D eigenvalue weighted by molar-refractivity contribution is -0.113. The third kappa shape index (κ3) is 3.35. The van der Waals surface area contributed by atoms with Crippen molar-refractivity contribution in [2.75, 3.05) is 11.4 Å². The summed E-state index contributed by atoms with van der Waals surface area (Å²) in [5.74, 6) is -4.59. The molecule has 1 heterocycles. The van der Waals surface area contributed by atoms with E-state index in [1.807, 2.05) is 6.92 Å². The molecule has 0 aliphatic carbocycles. The number of primary amides is 1. The zero-order valence-electron chi connectivity index (χ0n) is 14.2. The van der Waals surface area contributed by atoms with Gasteiger partial charge in [-0.05, 0) is 25.1 Å². The molecule has 3 rings (SSSR count). The smallest absolute Gasteiger partial charge is 0.275 e. The zero-order valence-corrected chi connectivity index (χ0v) is 14.2. The van der Waals surface area contributed by atoms with Gasteiger partial charge < -0.3 is 10.6 Å². The van der Waals surface area contributed by atoms with Crippen LogP contribution in [0.15, 0.2) is 54.6 Å². The number of nitrogens with two attached hydrogens (primary N) is 1. The summed E-state index contributed by atoms with van der Waals surface area (Å²) in [6.45, 7) is 1.73. The fourth-order valence-electron chi connectivity index (χ4n) is 3.03. The number of hydrogen-bond acceptors (Lipinski definition) is 2. The number of rotatable bonds is 2. The van der Waals surface area contributed by atoms with Crippen LogP contribution in [0.5, 0.6) is 0 Å². The van der Waals surface area contributed by atoms with Crippen LogP contribution in [0.4, 0.5) is 14.5 Å². The molecular weight excluding hydrogens is 338 g/mol. The molecule has 2 aromatic rings. The second-order valence-electron chi connectivity index (χ2n) is 6.25. The first-order valence-electron chi connectivity index (χ1n) is 8.17. The molecule has 0 fully saturated rings. The Labute approximate surface area is 149 Å². The van der Waals surface area contributed by atoms with Crippen LogP contribution in [0.25, 0.3) is 5.57 Å².